The average molecular weight is 242 g/mol. The molecule has 0 unspecified atom stereocenters. The molecule has 0 amide bonds. The lowest BCUT2D eigenvalue weighted by molar-refractivity contribution is 0.408. The lowest BCUT2D eigenvalue weighted by Gasteiger charge is -2.11. The Morgan fingerprint density at radius 1 is 1.22 bits per heavy atom. The van der Waals surface area contributed by atoms with Crippen LogP contribution in [0.5, 0.6) is 5.75 Å². The van der Waals surface area contributed by atoms with Crippen molar-refractivity contribution in [3.63, 3.8) is 0 Å². The van der Waals surface area contributed by atoms with E-state index in [9.17, 15) is 0 Å². The van der Waals surface area contributed by atoms with Gasteiger partial charge in [0.05, 0.1) is 7.11 Å². The minimum atomic E-state index is 0.813. The third kappa shape index (κ3) is 2.87. The smallest absolute Gasteiger partial charge is 0.123 e. The molecule has 2 rings (SSSR count). The molecule has 0 radical (unpaired) electrons. The van der Waals surface area contributed by atoms with Crippen LogP contribution in [0.4, 0.5) is 0 Å². The van der Waals surface area contributed by atoms with Crippen molar-refractivity contribution in [3.8, 4) is 16.9 Å². The maximum absolute atomic E-state index is 5.38. The predicted octanol–water partition coefficient (Wildman–Crippen LogP) is 2.87. The fourth-order valence-electron chi connectivity index (χ4n) is 1.89. The van der Waals surface area contributed by atoms with E-state index in [2.05, 4.69) is 35.4 Å². The van der Waals surface area contributed by atoms with E-state index < -0.39 is 0 Å². The van der Waals surface area contributed by atoms with E-state index in [0.29, 0.717) is 0 Å². The summed E-state index contributed by atoms with van der Waals surface area (Å²) in [6.45, 7) is 3.85. The normalized spacial score (nSPS) is 10.3. The van der Waals surface area contributed by atoms with Crippen LogP contribution < -0.4 is 10.1 Å². The first kappa shape index (κ1) is 12.6. The monoisotopic (exact) mass is 242 g/mol. The van der Waals surface area contributed by atoms with Crippen LogP contribution in [0, 0.1) is 0 Å². The van der Waals surface area contributed by atoms with Crippen LogP contribution in [0.15, 0.2) is 42.7 Å². The highest BCUT2D eigenvalue weighted by molar-refractivity contribution is 5.64. The van der Waals surface area contributed by atoms with Gasteiger partial charge in [0.25, 0.3) is 0 Å². The fraction of sp³-hybridized carbons (Fsp3) is 0.267. The molecule has 0 spiro atoms. The SMILES string of the molecule is CCNCc1cc(-c2cccnc2)ccc1OC. The van der Waals surface area contributed by atoms with Crippen molar-refractivity contribution in [2.24, 2.45) is 0 Å². The van der Waals surface area contributed by atoms with Gasteiger partial charge < -0.3 is 10.1 Å². The number of nitrogens with zero attached hydrogens (tertiary/aromatic N) is 1. The lowest BCUT2D eigenvalue weighted by Crippen LogP contribution is -2.12. The van der Waals surface area contributed by atoms with Gasteiger partial charge in [0.2, 0.25) is 0 Å². The average Bonchev–Trinajstić information content (AvgIpc) is 2.45. The van der Waals surface area contributed by atoms with Gasteiger partial charge in [-0.3, -0.25) is 4.98 Å². The van der Waals surface area contributed by atoms with Crippen LogP contribution in [-0.2, 0) is 6.54 Å². The number of methoxy groups -OCH3 is 1. The summed E-state index contributed by atoms with van der Waals surface area (Å²) in [6, 6.07) is 10.2. The molecule has 1 N–H and O–H groups in total. The molecule has 0 aliphatic carbocycles. The fourth-order valence-corrected chi connectivity index (χ4v) is 1.89. The Morgan fingerprint density at radius 2 is 2.11 bits per heavy atom. The molecule has 0 aliphatic rings. The number of nitrogens with one attached hydrogen (secondary N) is 1. The van der Waals surface area contributed by atoms with Gasteiger partial charge in [-0.05, 0) is 30.3 Å². The third-order valence-corrected chi connectivity index (χ3v) is 2.84. The second-order valence-electron chi connectivity index (χ2n) is 4.05. The molecule has 0 fully saturated rings. The maximum Gasteiger partial charge on any atom is 0.123 e. The van der Waals surface area contributed by atoms with Gasteiger partial charge in [0.1, 0.15) is 5.75 Å². The summed E-state index contributed by atoms with van der Waals surface area (Å²) in [7, 11) is 1.70. The first-order valence-corrected chi connectivity index (χ1v) is 6.13. The number of pyridine rings is 1. The molecule has 0 atom stereocenters. The Balaban J connectivity index is 2.33. The second-order valence-corrected chi connectivity index (χ2v) is 4.05. The van der Waals surface area contributed by atoms with Crippen molar-refractivity contribution in [2.75, 3.05) is 13.7 Å². The van der Waals surface area contributed by atoms with Gasteiger partial charge in [-0.1, -0.05) is 19.1 Å². The second kappa shape index (κ2) is 6.17. The molecule has 0 bridgehead atoms. The van der Waals surface area contributed by atoms with Gasteiger partial charge in [0.15, 0.2) is 0 Å². The number of aromatic nitrogens is 1. The molecular formula is C15H18N2O. The zero-order valence-corrected chi connectivity index (χ0v) is 10.8. The van der Waals surface area contributed by atoms with Crippen molar-refractivity contribution in [1.29, 1.82) is 0 Å². The lowest BCUT2D eigenvalue weighted by atomic mass is 10.0. The van der Waals surface area contributed by atoms with Gasteiger partial charge in [-0.25, -0.2) is 0 Å². The minimum absolute atomic E-state index is 0.813. The maximum atomic E-state index is 5.38. The molecule has 0 aliphatic heterocycles. The molecule has 18 heavy (non-hydrogen) atoms. The van der Waals surface area contributed by atoms with Crippen molar-refractivity contribution < 1.29 is 4.74 Å². The zero-order chi connectivity index (χ0) is 12.8. The molecule has 0 saturated carbocycles. The Labute approximate surface area is 108 Å². The van der Waals surface area contributed by atoms with E-state index in [4.69, 9.17) is 4.74 Å². The number of benzene rings is 1. The summed E-state index contributed by atoms with van der Waals surface area (Å²) in [5.74, 6) is 0.920. The van der Waals surface area contributed by atoms with Crippen molar-refractivity contribution in [1.82, 2.24) is 10.3 Å². The Hall–Kier alpha value is -1.87. The van der Waals surface area contributed by atoms with E-state index >= 15 is 0 Å². The van der Waals surface area contributed by atoms with Crippen LogP contribution in [-0.4, -0.2) is 18.6 Å². The molecule has 1 heterocycles. The van der Waals surface area contributed by atoms with E-state index in [1.165, 1.54) is 5.56 Å². The van der Waals surface area contributed by atoms with E-state index in [0.717, 1.165) is 30.0 Å². The van der Waals surface area contributed by atoms with Crippen LogP contribution in [0.1, 0.15) is 12.5 Å². The molecule has 3 heteroatoms. The zero-order valence-electron chi connectivity index (χ0n) is 10.8. The minimum Gasteiger partial charge on any atom is -0.496 e. The van der Waals surface area contributed by atoms with E-state index in [1.54, 1.807) is 13.3 Å². The van der Waals surface area contributed by atoms with Crippen LogP contribution >= 0.6 is 0 Å². The summed E-state index contributed by atoms with van der Waals surface area (Å²) >= 11 is 0. The number of rotatable bonds is 5. The number of hydrogen-bond acceptors (Lipinski definition) is 3. The third-order valence-electron chi connectivity index (χ3n) is 2.84. The van der Waals surface area contributed by atoms with E-state index in [1.807, 2.05) is 18.3 Å². The quantitative estimate of drug-likeness (QED) is 0.875. The van der Waals surface area contributed by atoms with Crippen LogP contribution in [0.2, 0.25) is 0 Å². The first-order valence-electron chi connectivity index (χ1n) is 6.13. The largest absolute Gasteiger partial charge is 0.496 e. The molecular weight excluding hydrogens is 224 g/mol. The number of ether oxygens (including phenoxy) is 1. The van der Waals surface area contributed by atoms with Crippen molar-refractivity contribution in [2.45, 2.75) is 13.5 Å². The van der Waals surface area contributed by atoms with E-state index in [-0.39, 0.29) is 0 Å². The summed E-state index contributed by atoms with van der Waals surface area (Å²) < 4.78 is 5.38. The first-order chi connectivity index (χ1) is 8.85. The number of hydrogen-bond donors (Lipinski definition) is 1. The molecule has 94 valence electrons. The summed E-state index contributed by atoms with van der Waals surface area (Å²) in [5, 5.41) is 3.32. The topological polar surface area (TPSA) is 34.2 Å². The Kier molecular flexibility index (Phi) is 4.31. The van der Waals surface area contributed by atoms with Gasteiger partial charge in [0, 0.05) is 30.1 Å². The Morgan fingerprint density at radius 3 is 2.78 bits per heavy atom. The molecule has 1 aromatic carbocycles. The van der Waals surface area contributed by atoms with Gasteiger partial charge in [-0.2, -0.15) is 0 Å². The molecule has 0 saturated heterocycles. The highest BCUT2D eigenvalue weighted by atomic mass is 16.5. The van der Waals surface area contributed by atoms with Gasteiger partial charge >= 0.3 is 0 Å². The summed E-state index contributed by atoms with van der Waals surface area (Å²) in [6.07, 6.45) is 3.66. The highest BCUT2D eigenvalue weighted by Gasteiger charge is 2.05. The standard InChI is InChI=1S/C15H18N2O/c1-3-16-11-14-9-12(6-7-15(14)18-2)13-5-4-8-17-10-13/h4-10,16H,3,11H2,1-2H3. The van der Waals surface area contributed by atoms with Gasteiger partial charge in [-0.15, -0.1) is 0 Å². The van der Waals surface area contributed by atoms with Crippen LogP contribution in [0.3, 0.4) is 0 Å². The predicted molar refractivity (Wildman–Crippen MR) is 73.6 cm³/mol. The van der Waals surface area contributed by atoms with Crippen molar-refractivity contribution >= 4 is 0 Å². The summed E-state index contributed by atoms with van der Waals surface area (Å²) in [4.78, 5) is 4.15. The highest BCUT2D eigenvalue weighted by Crippen LogP contribution is 2.26. The molecule has 3 nitrogen and oxygen atoms in total. The molecule has 2 aromatic rings. The summed E-state index contributed by atoms with van der Waals surface area (Å²) in [5.41, 5.74) is 3.45. The molecule has 1 aromatic heterocycles. The Bertz CT molecular complexity index is 497. The van der Waals surface area contributed by atoms with Crippen LogP contribution in [0.25, 0.3) is 11.1 Å². The van der Waals surface area contributed by atoms with Crippen molar-refractivity contribution in [3.05, 3.63) is 48.3 Å².